The molecule has 1 aromatic carbocycles. The Bertz CT molecular complexity index is 319. The van der Waals surface area contributed by atoms with E-state index >= 15 is 0 Å². The second-order valence-corrected chi connectivity index (χ2v) is 2.79. The van der Waals surface area contributed by atoms with Crippen LogP contribution in [0.15, 0.2) is 23.2 Å². The summed E-state index contributed by atoms with van der Waals surface area (Å²) in [4.78, 5) is 3.76. The highest BCUT2D eigenvalue weighted by Gasteiger charge is 2.00. The van der Waals surface area contributed by atoms with Crippen molar-refractivity contribution < 1.29 is 4.39 Å². The number of aliphatic imine (C=N–C) groups is 1. The van der Waals surface area contributed by atoms with E-state index in [1.165, 1.54) is 12.1 Å². The maximum Gasteiger partial charge on any atom is 0.150 e. The molecule has 2 N–H and O–H groups in total. The van der Waals surface area contributed by atoms with E-state index in [2.05, 4.69) is 4.99 Å². The first kappa shape index (κ1) is 9.00. The van der Waals surface area contributed by atoms with Gasteiger partial charge in [-0.3, -0.25) is 0 Å². The van der Waals surface area contributed by atoms with Crippen molar-refractivity contribution in [2.24, 2.45) is 10.7 Å². The molecule has 1 aromatic rings. The molecule has 2 nitrogen and oxygen atoms in total. The van der Waals surface area contributed by atoms with Gasteiger partial charge < -0.3 is 5.73 Å². The Kier molecular flexibility index (Phi) is 2.65. The van der Waals surface area contributed by atoms with Crippen molar-refractivity contribution in [1.82, 2.24) is 0 Å². The first-order chi connectivity index (χ1) is 5.59. The van der Waals surface area contributed by atoms with Crippen molar-refractivity contribution in [2.75, 3.05) is 0 Å². The molecule has 0 spiro atoms. The molecule has 0 saturated carbocycles. The lowest BCUT2D eigenvalue weighted by Gasteiger charge is -1.97. The largest absolute Gasteiger partial charge is 0.387 e. The molecule has 0 aromatic heterocycles. The maximum atomic E-state index is 13.0. The van der Waals surface area contributed by atoms with Gasteiger partial charge in [0.1, 0.15) is 11.5 Å². The summed E-state index contributed by atoms with van der Waals surface area (Å²) in [6, 6.07) is 4.24. The molecule has 0 saturated heterocycles. The Hall–Kier alpha value is -1.09. The van der Waals surface area contributed by atoms with Crippen molar-refractivity contribution in [1.29, 1.82) is 0 Å². The molecule has 64 valence electrons. The van der Waals surface area contributed by atoms with E-state index in [-0.39, 0.29) is 5.69 Å². The lowest BCUT2D eigenvalue weighted by Crippen LogP contribution is -2.04. The van der Waals surface area contributed by atoms with E-state index in [1.807, 2.05) is 0 Å². The molecule has 0 heterocycles. The van der Waals surface area contributed by atoms with Crippen LogP contribution in [0.2, 0.25) is 5.02 Å². The summed E-state index contributed by atoms with van der Waals surface area (Å²) >= 11 is 5.53. The Balaban J connectivity index is 3.10. The molecule has 0 unspecified atom stereocenters. The zero-order valence-corrected chi connectivity index (χ0v) is 7.27. The molecule has 0 aliphatic carbocycles. The van der Waals surface area contributed by atoms with Crippen molar-refractivity contribution in [3.63, 3.8) is 0 Å². The first-order valence-corrected chi connectivity index (χ1v) is 3.73. The van der Waals surface area contributed by atoms with Gasteiger partial charge in [-0.05, 0) is 25.1 Å². The second kappa shape index (κ2) is 3.54. The third-order valence-corrected chi connectivity index (χ3v) is 1.44. The van der Waals surface area contributed by atoms with Crippen LogP contribution in [0.1, 0.15) is 6.92 Å². The summed E-state index contributed by atoms with van der Waals surface area (Å²) in [5.41, 5.74) is 5.49. The fourth-order valence-electron chi connectivity index (χ4n) is 0.762. The van der Waals surface area contributed by atoms with Crippen LogP contribution in [0, 0.1) is 5.82 Å². The minimum Gasteiger partial charge on any atom is -0.387 e. The quantitative estimate of drug-likeness (QED) is 0.531. The molecule has 0 radical (unpaired) electrons. The number of hydrogen-bond acceptors (Lipinski definition) is 1. The van der Waals surface area contributed by atoms with E-state index in [9.17, 15) is 4.39 Å². The highest BCUT2D eigenvalue weighted by Crippen LogP contribution is 2.21. The molecule has 1 rings (SSSR count). The van der Waals surface area contributed by atoms with Gasteiger partial charge in [-0.25, -0.2) is 9.38 Å². The van der Waals surface area contributed by atoms with Crippen LogP contribution < -0.4 is 5.73 Å². The fourth-order valence-corrected chi connectivity index (χ4v) is 0.921. The number of halogens is 2. The molecule has 12 heavy (non-hydrogen) atoms. The number of nitrogens with two attached hydrogens (primary N) is 1. The molecule has 0 aliphatic heterocycles. The summed E-state index contributed by atoms with van der Waals surface area (Å²) in [5, 5.41) is 0.348. The van der Waals surface area contributed by atoms with Crippen molar-refractivity contribution in [2.45, 2.75) is 6.92 Å². The zero-order chi connectivity index (χ0) is 9.14. The van der Waals surface area contributed by atoms with Crippen LogP contribution in [0.25, 0.3) is 0 Å². The molecular weight excluding hydrogens is 179 g/mol. The smallest absolute Gasteiger partial charge is 0.150 e. The average Bonchev–Trinajstić information content (AvgIpc) is 1.94. The van der Waals surface area contributed by atoms with E-state index in [0.29, 0.717) is 10.9 Å². The van der Waals surface area contributed by atoms with Crippen molar-refractivity contribution >= 4 is 23.1 Å². The van der Waals surface area contributed by atoms with Gasteiger partial charge in [-0.1, -0.05) is 11.6 Å². The Labute approximate surface area is 74.9 Å². The van der Waals surface area contributed by atoms with Gasteiger partial charge in [0, 0.05) is 5.02 Å². The lowest BCUT2D eigenvalue weighted by molar-refractivity contribution is 0.630. The third kappa shape index (κ3) is 2.20. The van der Waals surface area contributed by atoms with Crippen LogP contribution in [-0.2, 0) is 0 Å². The summed E-state index contributed by atoms with van der Waals surface area (Å²) in [6.07, 6.45) is 0. The van der Waals surface area contributed by atoms with Crippen LogP contribution in [-0.4, -0.2) is 5.84 Å². The summed E-state index contributed by atoms with van der Waals surface area (Å²) in [6.45, 7) is 1.59. The Morgan fingerprint density at radius 1 is 1.58 bits per heavy atom. The molecule has 0 aliphatic rings. The Morgan fingerprint density at radius 2 is 2.25 bits per heavy atom. The van der Waals surface area contributed by atoms with Gasteiger partial charge in [-0.2, -0.15) is 0 Å². The highest BCUT2D eigenvalue weighted by atomic mass is 35.5. The molecule has 4 heteroatoms. The summed E-state index contributed by atoms with van der Waals surface area (Å²) in [5.74, 6) is -0.150. The standard InChI is InChI=1S/C8H8ClFN2/c1-5(11)12-8-3-2-6(9)4-7(8)10/h2-4H,1H3,(H2,11,12). The van der Waals surface area contributed by atoms with Crippen LogP contribution >= 0.6 is 11.6 Å². The van der Waals surface area contributed by atoms with Crippen molar-refractivity contribution in [3.8, 4) is 0 Å². The van der Waals surface area contributed by atoms with Gasteiger partial charge in [0.05, 0.1) is 5.84 Å². The molecule has 0 atom stereocenters. The Morgan fingerprint density at radius 3 is 2.75 bits per heavy atom. The number of hydrogen-bond donors (Lipinski definition) is 1. The summed E-state index contributed by atoms with van der Waals surface area (Å²) in [7, 11) is 0. The zero-order valence-electron chi connectivity index (χ0n) is 6.51. The number of nitrogens with zero attached hydrogens (tertiary/aromatic N) is 1. The van der Waals surface area contributed by atoms with Crippen LogP contribution in [0.5, 0.6) is 0 Å². The predicted octanol–water partition coefficient (Wildman–Crippen LogP) is 2.49. The number of amidine groups is 1. The molecular formula is C8H8ClFN2. The SMILES string of the molecule is CC(N)=Nc1ccc(Cl)cc1F. The van der Waals surface area contributed by atoms with Crippen molar-refractivity contribution in [3.05, 3.63) is 29.0 Å². The van der Waals surface area contributed by atoms with E-state index in [4.69, 9.17) is 17.3 Å². The molecule has 0 bridgehead atoms. The maximum absolute atomic E-state index is 13.0. The van der Waals surface area contributed by atoms with Gasteiger partial charge >= 0.3 is 0 Å². The average molecular weight is 187 g/mol. The van der Waals surface area contributed by atoms with Gasteiger partial charge in [0.2, 0.25) is 0 Å². The second-order valence-electron chi connectivity index (χ2n) is 2.35. The minimum absolute atomic E-state index is 0.208. The van der Waals surface area contributed by atoms with Crippen LogP contribution in [0.4, 0.5) is 10.1 Å². The van der Waals surface area contributed by atoms with E-state index < -0.39 is 5.82 Å². The minimum atomic E-state index is -0.465. The fraction of sp³-hybridized carbons (Fsp3) is 0.125. The van der Waals surface area contributed by atoms with Gasteiger partial charge in [0.25, 0.3) is 0 Å². The topological polar surface area (TPSA) is 38.4 Å². The van der Waals surface area contributed by atoms with Gasteiger partial charge in [0.15, 0.2) is 0 Å². The third-order valence-electron chi connectivity index (χ3n) is 1.21. The van der Waals surface area contributed by atoms with Gasteiger partial charge in [-0.15, -0.1) is 0 Å². The van der Waals surface area contributed by atoms with E-state index in [1.54, 1.807) is 13.0 Å². The molecule has 0 amide bonds. The molecule has 0 fully saturated rings. The van der Waals surface area contributed by atoms with Crippen LogP contribution in [0.3, 0.4) is 0 Å². The lowest BCUT2D eigenvalue weighted by atomic mass is 10.3. The predicted molar refractivity (Wildman–Crippen MR) is 48.4 cm³/mol. The number of rotatable bonds is 1. The number of benzene rings is 1. The first-order valence-electron chi connectivity index (χ1n) is 3.35. The van der Waals surface area contributed by atoms with E-state index in [0.717, 1.165) is 0 Å². The monoisotopic (exact) mass is 186 g/mol. The highest BCUT2D eigenvalue weighted by molar-refractivity contribution is 6.30. The summed E-state index contributed by atoms with van der Waals surface area (Å²) < 4.78 is 13.0. The normalized spacial score (nSPS) is 11.8.